The van der Waals surface area contributed by atoms with Crippen molar-refractivity contribution in [1.82, 2.24) is 9.97 Å². The summed E-state index contributed by atoms with van der Waals surface area (Å²) in [6.45, 7) is 2.97. The molecule has 6 heteroatoms. The van der Waals surface area contributed by atoms with Gasteiger partial charge in [-0.3, -0.25) is 4.79 Å². The van der Waals surface area contributed by atoms with Crippen molar-refractivity contribution in [3.63, 3.8) is 0 Å². The molecule has 128 valence electrons. The molecular formula is C18H25N5O. The summed E-state index contributed by atoms with van der Waals surface area (Å²) < 4.78 is 0. The van der Waals surface area contributed by atoms with Crippen LogP contribution >= 0.6 is 0 Å². The van der Waals surface area contributed by atoms with Crippen molar-refractivity contribution in [2.75, 3.05) is 36.2 Å². The summed E-state index contributed by atoms with van der Waals surface area (Å²) in [5.74, 6) is 0.244. The molecule has 2 aromatic rings. The van der Waals surface area contributed by atoms with Crippen molar-refractivity contribution in [3.8, 4) is 0 Å². The molecule has 0 aliphatic carbocycles. The van der Waals surface area contributed by atoms with E-state index in [4.69, 9.17) is 0 Å². The number of carbonyl (C=O) groups is 1. The molecule has 1 heterocycles. The van der Waals surface area contributed by atoms with E-state index in [-0.39, 0.29) is 5.91 Å². The van der Waals surface area contributed by atoms with Gasteiger partial charge < -0.3 is 15.5 Å². The average molecular weight is 327 g/mol. The first-order chi connectivity index (χ1) is 11.6. The fourth-order valence-electron chi connectivity index (χ4n) is 2.18. The Hall–Kier alpha value is -2.63. The molecule has 6 nitrogen and oxygen atoms in total. The Bertz CT molecular complexity index is 655. The molecule has 0 radical (unpaired) electrons. The lowest BCUT2D eigenvalue weighted by atomic mass is 10.2. The molecule has 0 aliphatic rings. The van der Waals surface area contributed by atoms with Crippen molar-refractivity contribution < 1.29 is 4.79 Å². The molecule has 1 aromatic carbocycles. The number of hydrogen-bond donors (Lipinski definition) is 2. The Balaban J connectivity index is 1.96. The Morgan fingerprint density at radius 3 is 2.54 bits per heavy atom. The zero-order valence-electron chi connectivity index (χ0n) is 14.5. The van der Waals surface area contributed by atoms with E-state index in [9.17, 15) is 4.79 Å². The maximum Gasteiger partial charge on any atom is 0.274 e. The van der Waals surface area contributed by atoms with Gasteiger partial charge in [-0.15, -0.1) is 0 Å². The van der Waals surface area contributed by atoms with Crippen molar-refractivity contribution in [2.45, 2.75) is 26.2 Å². The third kappa shape index (κ3) is 5.22. The van der Waals surface area contributed by atoms with Crippen LogP contribution in [0, 0.1) is 0 Å². The average Bonchev–Trinajstić information content (AvgIpc) is 2.59. The third-order valence-corrected chi connectivity index (χ3v) is 3.59. The molecule has 0 aliphatic heterocycles. The van der Waals surface area contributed by atoms with Crippen LogP contribution in [0.15, 0.2) is 36.5 Å². The van der Waals surface area contributed by atoms with E-state index in [2.05, 4.69) is 27.5 Å². The van der Waals surface area contributed by atoms with E-state index in [1.807, 2.05) is 43.3 Å². The highest BCUT2D eigenvalue weighted by molar-refractivity contribution is 6.03. The van der Waals surface area contributed by atoms with Crippen LogP contribution in [-0.4, -0.2) is 36.5 Å². The molecule has 0 bridgehead atoms. The largest absolute Gasteiger partial charge is 0.378 e. The number of rotatable bonds is 8. The van der Waals surface area contributed by atoms with Gasteiger partial charge in [0.15, 0.2) is 0 Å². The molecule has 24 heavy (non-hydrogen) atoms. The molecule has 0 atom stereocenters. The summed E-state index contributed by atoms with van der Waals surface area (Å²) in [7, 11) is 3.95. The van der Waals surface area contributed by atoms with E-state index in [1.54, 1.807) is 12.3 Å². The normalized spacial score (nSPS) is 10.3. The molecule has 1 amide bonds. The quantitative estimate of drug-likeness (QED) is 0.727. The highest BCUT2D eigenvalue weighted by Gasteiger charge is 2.09. The number of anilines is 3. The number of carbonyl (C=O) groups excluding carboxylic acids is 1. The Labute approximate surface area is 143 Å². The van der Waals surface area contributed by atoms with E-state index in [1.165, 1.54) is 0 Å². The van der Waals surface area contributed by atoms with Crippen LogP contribution in [0.2, 0.25) is 0 Å². The summed E-state index contributed by atoms with van der Waals surface area (Å²) in [4.78, 5) is 22.7. The number of benzene rings is 1. The lowest BCUT2D eigenvalue weighted by molar-refractivity contribution is 0.102. The molecule has 0 saturated heterocycles. The Kier molecular flexibility index (Phi) is 6.54. The first kappa shape index (κ1) is 17.7. The minimum Gasteiger partial charge on any atom is -0.378 e. The molecule has 2 N–H and O–H groups in total. The minimum atomic E-state index is -0.244. The number of hydrogen-bond acceptors (Lipinski definition) is 5. The molecule has 0 unspecified atom stereocenters. The maximum atomic E-state index is 12.3. The van der Waals surface area contributed by atoms with Crippen LogP contribution in [0.25, 0.3) is 0 Å². The molecular weight excluding hydrogens is 302 g/mol. The fourth-order valence-corrected chi connectivity index (χ4v) is 2.18. The SMILES string of the molecule is CCCCCNc1nccc(C(=O)Nc2ccc(N(C)C)cc2)n1. The van der Waals surface area contributed by atoms with Gasteiger partial charge in [-0.25, -0.2) is 9.97 Å². The summed E-state index contributed by atoms with van der Waals surface area (Å²) in [5, 5.41) is 6.00. The van der Waals surface area contributed by atoms with Gasteiger partial charge >= 0.3 is 0 Å². The molecule has 0 saturated carbocycles. The highest BCUT2D eigenvalue weighted by Crippen LogP contribution is 2.16. The fraction of sp³-hybridized carbons (Fsp3) is 0.389. The van der Waals surface area contributed by atoms with Crippen LogP contribution in [0.3, 0.4) is 0 Å². The second-order valence-electron chi connectivity index (χ2n) is 5.79. The van der Waals surface area contributed by atoms with E-state index in [0.29, 0.717) is 11.6 Å². The standard InChI is InChI=1S/C18H25N5O/c1-4-5-6-12-19-18-20-13-11-16(22-18)17(24)21-14-7-9-15(10-8-14)23(2)3/h7-11,13H,4-6,12H2,1-3H3,(H,21,24)(H,19,20,22). The van der Waals surface area contributed by atoms with Crippen LogP contribution in [0.1, 0.15) is 36.7 Å². The van der Waals surface area contributed by atoms with Gasteiger partial charge in [-0.2, -0.15) is 0 Å². The summed E-state index contributed by atoms with van der Waals surface area (Å²) in [6, 6.07) is 9.27. The van der Waals surface area contributed by atoms with Gasteiger partial charge in [-0.05, 0) is 36.8 Å². The van der Waals surface area contributed by atoms with Crippen LogP contribution in [-0.2, 0) is 0 Å². The Morgan fingerprint density at radius 1 is 1.12 bits per heavy atom. The highest BCUT2D eigenvalue weighted by atomic mass is 16.1. The molecule has 2 rings (SSSR count). The van der Waals surface area contributed by atoms with E-state index < -0.39 is 0 Å². The first-order valence-corrected chi connectivity index (χ1v) is 8.26. The van der Waals surface area contributed by atoms with Gasteiger partial charge in [0.2, 0.25) is 5.95 Å². The summed E-state index contributed by atoms with van der Waals surface area (Å²) in [6.07, 6.45) is 4.99. The topological polar surface area (TPSA) is 70.2 Å². The maximum absolute atomic E-state index is 12.3. The second kappa shape index (κ2) is 8.86. The second-order valence-corrected chi connectivity index (χ2v) is 5.79. The van der Waals surface area contributed by atoms with Gasteiger partial charge in [0.1, 0.15) is 5.69 Å². The first-order valence-electron chi connectivity index (χ1n) is 8.26. The zero-order valence-corrected chi connectivity index (χ0v) is 14.5. The zero-order chi connectivity index (χ0) is 17.4. The van der Waals surface area contributed by atoms with Crippen LogP contribution in [0.5, 0.6) is 0 Å². The van der Waals surface area contributed by atoms with Crippen molar-refractivity contribution in [3.05, 3.63) is 42.2 Å². The van der Waals surface area contributed by atoms with E-state index >= 15 is 0 Å². The lowest BCUT2D eigenvalue weighted by Gasteiger charge is -2.13. The molecule has 1 aromatic heterocycles. The number of nitrogens with zero attached hydrogens (tertiary/aromatic N) is 3. The van der Waals surface area contributed by atoms with Crippen molar-refractivity contribution in [1.29, 1.82) is 0 Å². The van der Waals surface area contributed by atoms with Crippen molar-refractivity contribution in [2.24, 2.45) is 0 Å². The summed E-state index contributed by atoms with van der Waals surface area (Å²) >= 11 is 0. The monoisotopic (exact) mass is 327 g/mol. The van der Waals surface area contributed by atoms with Crippen molar-refractivity contribution >= 4 is 23.2 Å². The number of nitrogens with one attached hydrogen (secondary N) is 2. The van der Waals surface area contributed by atoms with Gasteiger partial charge in [0.05, 0.1) is 0 Å². The molecule has 0 fully saturated rings. The van der Waals surface area contributed by atoms with E-state index in [0.717, 1.165) is 37.2 Å². The van der Waals surface area contributed by atoms with Crippen LogP contribution < -0.4 is 15.5 Å². The van der Waals surface area contributed by atoms with Gasteiger partial charge in [0.25, 0.3) is 5.91 Å². The lowest BCUT2D eigenvalue weighted by Crippen LogP contribution is -2.16. The molecule has 0 spiro atoms. The smallest absolute Gasteiger partial charge is 0.274 e. The van der Waals surface area contributed by atoms with Gasteiger partial charge in [0, 0.05) is 38.2 Å². The van der Waals surface area contributed by atoms with Gasteiger partial charge in [-0.1, -0.05) is 19.8 Å². The minimum absolute atomic E-state index is 0.244. The predicted octanol–water partition coefficient (Wildman–Crippen LogP) is 3.40. The number of amides is 1. The number of unbranched alkanes of at least 4 members (excludes halogenated alkanes) is 2. The number of aromatic nitrogens is 2. The Morgan fingerprint density at radius 2 is 1.88 bits per heavy atom. The predicted molar refractivity (Wildman–Crippen MR) is 98.8 cm³/mol. The van der Waals surface area contributed by atoms with Crippen LogP contribution in [0.4, 0.5) is 17.3 Å². The summed E-state index contributed by atoms with van der Waals surface area (Å²) in [5.41, 5.74) is 2.16. The third-order valence-electron chi connectivity index (χ3n) is 3.59.